The Bertz CT molecular complexity index is 1530. The third-order valence-electron chi connectivity index (χ3n) is 5.03. The van der Waals surface area contributed by atoms with E-state index in [2.05, 4.69) is 9.97 Å². The number of rotatable bonds is 6. The summed E-state index contributed by atoms with van der Waals surface area (Å²) < 4.78 is 34.4. The first-order valence-electron chi connectivity index (χ1n) is 10.1. The van der Waals surface area contributed by atoms with Crippen LogP contribution in [0.15, 0.2) is 88.3 Å². The monoisotopic (exact) mass is 495 g/mol. The topological polar surface area (TPSA) is 76.3 Å². The van der Waals surface area contributed by atoms with Crippen LogP contribution in [-0.4, -0.2) is 18.4 Å². The molecule has 9 heteroatoms. The van der Waals surface area contributed by atoms with Crippen LogP contribution in [0.5, 0.6) is 0 Å². The number of anilines is 1. The van der Waals surface area contributed by atoms with Crippen LogP contribution < -0.4 is 4.31 Å². The quantitative estimate of drug-likeness (QED) is 0.276. The zero-order valence-corrected chi connectivity index (χ0v) is 19.9. The molecule has 0 aliphatic rings. The van der Waals surface area contributed by atoms with E-state index in [1.54, 1.807) is 60.0 Å². The summed E-state index contributed by atoms with van der Waals surface area (Å²) in [5.41, 5.74) is 2.60. The number of halogens is 1. The second-order valence-electron chi connectivity index (χ2n) is 7.41. The summed E-state index contributed by atoms with van der Waals surface area (Å²) in [5, 5.41) is 1.33. The van der Waals surface area contributed by atoms with Gasteiger partial charge in [-0.1, -0.05) is 54.1 Å². The third kappa shape index (κ3) is 4.37. The van der Waals surface area contributed by atoms with Crippen molar-refractivity contribution >= 4 is 50.1 Å². The molecule has 5 rings (SSSR count). The Morgan fingerprint density at radius 2 is 1.79 bits per heavy atom. The van der Waals surface area contributed by atoms with Crippen molar-refractivity contribution in [2.24, 2.45) is 0 Å². The van der Waals surface area contributed by atoms with Crippen LogP contribution >= 0.6 is 22.9 Å². The van der Waals surface area contributed by atoms with Crippen LogP contribution in [0.3, 0.4) is 0 Å². The van der Waals surface area contributed by atoms with Crippen molar-refractivity contribution in [1.29, 1.82) is 0 Å². The van der Waals surface area contributed by atoms with Gasteiger partial charge in [0.05, 0.1) is 11.4 Å². The molecule has 0 unspecified atom stereocenters. The summed E-state index contributed by atoms with van der Waals surface area (Å²) in [6.07, 6.45) is 1.80. The van der Waals surface area contributed by atoms with E-state index < -0.39 is 10.0 Å². The van der Waals surface area contributed by atoms with E-state index in [4.69, 9.17) is 16.0 Å². The Balaban J connectivity index is 1.57. The fraction of sp³-hybridized carbons (Fsp3) is 0.0833. The van der Waals surface area contributed by atoms with Gasteiger partial charge in [0.15, 0.2) is 5.58 Å². The molecule has 6 nitrogen and oxygen atoms in total. The van der Waals surface area contributed by atoms with E-state index in [0.717, 1.165) is 21.0 Å². The summed E-state index contributed by atoms with van der Waals surface area (Å²) in [5.74, 6) is 0. The third-order valence-corrected chi connectivity index (χ3v) is 7.96. The van der Waals surface area contributed by atoms with E-state index in [1.165, 1.54) is 4.31 Å². The first-order valence-corrected chi connectivity index (χ1v) is 12.7. The lowest BCUT2D eigenvalue weighted by Gasteiger charge is -2.21. The molecule has 0 atom stereocenters. The van der Waals surface area contributed by atoms with Crippen molar-refractivity contribution in [2.45, 2.75) is 18.4 Å². The van der Waals surface area contributed by atoms with E-state index in [0.29, 0.717) is 16.1 Å². The lowest BCUT2D eigenvalue weighted by atomic mass is 10.2. The first kappa shape index (κ1) is 21.6. The zero-order chi connectivity index (χ0) is 23.0. The molecule has 33 heavy (non-hydrogen) atoms. The Labute approximate surface area is 200 Å². The standard InChI is InChI=1S/C24H18ClN3O3S2/c1-16-14-26-23(32-16)18-7-10-20(11-8-18)33(29,30)28(15-17-5-3-2-4-6-17)24-27-21-13-19(25)9-12-22(21)31-24/h2-14H,15H2,1H3. The summed E-state index contributed by atoms with van der Waals surface area (Å²) in [6.45, 7) is 2.05. The Morgan fingerprint density at radius 1 is 1.03 bits per heavy atom. The summed E-state index contributed by atoms with van der Waals surface area (Å²) >= 11 is 7.63. The SMILES string of the molecule is Cc1cnc(-c2ccc(S(=O)(=O)N(Cc3ccccc3)c3nc4cc(Cl)ccc4o3)cc2)s1. The molecule has 2 aromatic heterocycles. The van der Waals surface area contributed by atoms with Crippen LogP contribution in [0.1, 0.15) is 10.4 Å². The number of hydrogen-bond acceptors (Lipinski definition) is 6. The summed E-state index contributed by atoms with van der Waals surface area (Å²) in [6, 6.07) is 21.0. The molecule has 0 saturated carbocycles. The molecular weight excluding hydrogens is 478 g/mol. The number of sulfonamides is 1. The van der Waals surface area contributed by atoms with E-state index in [1.807, 2.05) is 37.3 Å². The van der Waals surface area contributed by atoms with Gasteiger partial charge >= 0.3 is 6.01 Å². The highest BCUT2D eigenvalue weighted by Gasteiger charge is 2.29. The van der Waals surface area contributed by atoms with Crippen LogP contribution in [0, 0.1) is 6.92 Å². The molecule has 0 saturated heterocycles. The van der Waals surface area contributed by atoms with E-state index >= 15 is 0 Å². The van der Waals surface area contributed by atoms with Crippen LogP contribution in [0.2, 0.25) is 5.02 Å². The van der Waals surface area contributed by atoms with Gasteiger partial charge in [-0.25, -0.2) is 17.7 Å². The lowest BCUT2D eigenvalue weighted by molar-refractivity contribution is 0.564. The first-order chi connectivity index (χ1) is 15.9. The van der Waals surface area contributed by atoms with Crippen LogP contribution in [0.25, 0.3) is 21.7 Å². The number of hydrogen-bond donors (Lipinski definition) is 0. The Kier molecular flexibility index (Phi) is 5.65. The number of aromatic nitrogens is 2. The molecule has 0 aliphatic carbocycles. The Morgan fingerprint density at radius 3 is 2.48 bits per heavy atom. The fourth-order valence-corrected chi connectivity index (χ4v) is 5.66. The van der Waals surface area contributed by atoms with Crippen molar-refractivity contribution < 1.29 is 12.8 Å². The minimum Gasteiger partial charge on any atom is -0.423 e. The van der Waals surface area contributed by atoms with Gasteiger partial charge in [-0.15, -0.1) is 11.3 Å². The summed E-state index contributed by atoms with van der Waals surface area (Å²) in [7, 11) is -3.98. The molecule has 2 heterocycles. The van der Waals surface area contributed by atoms with Crippen molar-refractivity contribution in [1.82, 2.24) is 9.97 Å². The average molecular weight is 496 g/mol. The molecule has 0 N–H and O–H groups in total. The van der Waals surface area contributed by atoms with Gasteiger partial charge < -0.3 is 4.42 Å². The lowest BCUT2D eigenvalue weighted by Crippen LogP contribution is -2.30. The largest absolute Gasteiger partial charge is 0.423 e. The van der Waals surface area contributed by atoms with Crippen LogP contribution in [-0.2, 0) is 16.6 Å². The molecule has 0 radical (unpaired) electrons. The highest BCUT2D eigenvalue weighted by molar-refractivity contribution is 7.92. The number of benzene rings is 3. The van der Waals surface area contributed by atoms with Gasteiger partial charge in [0.25, 0.3) is 10.0 Å². The minimum absolute atomic E-state index is 0.0178. The minimum atomic E-state index is -3.98. The van der Waals surface area contributed by atoms with Crippen molar-refractivity contribution in [3.8, 4) is 10.6 Å². The molecular formula is C24H18ClN3O3S2. The molecule has 0 spiro atoms. The summed E-state index contributed by atoms with van der Waals surface area (Å²) in [4.78, 5) is 10.0. The molecule has 5 aromatic rings. The molecule has 166 valence electrons. The number of fused-ring (bicyclic) bond motifs is 1. The van der Waals surface area contributed by atoms with Crippen molar-refractivity contribution in [3.05, 3.63) is 94.5 Å². The van der Waals surface area contributed by atoms with Gasteiger partial charge in [-0.3, -0.25) is 0 Å². The van der Waals surface area contributed by atoms with Gasteiger partial charge in [0.2, 0.25) is 0 Å². The molecule has 0 aliphatic heterocycles. The maximum atomic E-state index is 13.7. The van der Waals surface area contributed by atoms with E-state index in [9.17, 15) is 8.42 Å². The zero-order valence-electron chi connectivity index (χ0n) is 17.5. The van der Waals surface area contributed by atoms with Crippen LogP contribution in [0.4, 0.5) is 6.01 Å². The molecule has 0 bridgehead atoms. The van der Waals surface area contributed by atoms with Gasteiger partial charge in [0, 0.05) is 21.7 Å². The van der Waals surface area contributed by atoms with Crippen molar-refractivity contribution in [3.63, 3.8) is 0 Å². The van der Waals surface area contributed by atoms with E-state index in [-0.39, 0.29) is 17.5 Å². The number of nitrogens with zero attached hydrogens (tertiary/aromatic N) is 3. The van der Waals surface area contributed by atoms with Gasteiger partial charge in [-0.2, -0.15) is 4.98 Å². The normalized spacial score (nSPS) is 11.7. The van der Waals surface area contributed by atoms with Gasteiger partial charge in [0.1, 0.15) is 10.5 Å². The predicted octanol–water partition coefficient (Wildman–Crippen LogP) is 6.31. The van der Waals surface area contributed by atoms with Gasteiger partial charge in [-0.05, 0) is 42.8 Å². The maximum absolute atomic E-state index is 13.7. The average Bonchev–Trinajstić information content (AvgIpc) is 3.44. The van der Waals surface area contributed by atoms with Crippen molar-refractivity contribution in [2.75, 3.05) is 4.31 Å². The molecule has 0 fully saturated rings. The predicted molar refractivity (Wildman–Crippen MR) is 131 cm³/mol. The second kappa shape index (κ2) is 8.62. The number of aryl methyl sites for hydroxylation is 1. The number of thiazole rings is 1. The highest BCUT2D eigenvalue weighted by Crippen LogP contribution is 2.31. The fourth-order valence-electron chi connectivity index (χ4n) is 3.38. The smallest absolute Gasteiger partial charge is 0.313 e. The molecule has 0 amide bonds. The maximum Gasteiger partial charge on any atom is 0.313 e. The highest BCUT2D eigenvalue weighted by atomic mass is 35.5. The molecule has 3 aromatic carbocycles. The second-order valence-corrected chi connectivity index (χ2v) is 10.9. The Hall–Kier alpha value is -3.20. The number of oxazole rings is 1.